The van der Waals surface area contributed by atoms with Crippen LogP contribution in [0.1, 0.15) is 17.5 Å². The van der Waals surface area contributed by atoms with E-state index in [4.69, 9.17) is 4.74 Å². The third kappa shape index (κ3) is 1.70. The first-order valence-electron chi connectivity index (χ1n) is 6.22. The number of urea groups is 1. The van der Waals surface area contributed by atoms with Crippen molar-refractivity contribution in [3.05, 3.63) is 29.3 Å². The van der Waals surface area contributed by atoms with E-state index in [1.54, 1.807) is 18.2 Å². The van der Waals surface area contributed by atoms with Crippen molar-refractivity contribution in [2.24, 2.45) is 0 Å². The van der Waals surface area contributed by atoms with Gasteiger partial charge in [-0.05, 0) is 24.1 Å². The standard InChI is InChI=1S/C13H13N3O4/c1-14-11(18)15-8-2-3-9-7(6-8)4-5-13(9)10(17)16-12(19)20-13/h2-3,6H,4-5H2,1H3,(H2,14,15,18)(H,16,17,19). The lowest BCUT2D eigenvalue weighted by Gasteiger charge is -2.19. The molecule has 1 atom stereocenters. The van der Waals surface area contributed by atoms with Crippen molar-refractivity contribution in [1.82, 2.24) is 10.6 Å². The van der Waals surface area contributed by atoms with E-state index in [0.29, 0.717) is 24.1 Å². The highest BCUT2D eigenvalue weighted by molar-refractivity contribution is 6.04. The molecule has 7 heteroatoms. The fourth-order valence-corrected chi connectivity index (χ4v) is 2.68. The molecule has 4 amide bonds. The lowest BCUT2D eigenvalue weighted by Crippen LogP contribution is -2.34. The number of fused-ring (bicyclic) bond motifs is 2. The van der Waals surface area contributed by atoms with Crippen molar-refractivity contribution in [3.8, 4) is 0 Å². The van der Waals surface area contributed by atoms with Gasteiger partial charge in [0.15, 0.2) is 0 Å². The van der Waals surface area contributed by atoms with Gasteiger partial charge in [0.05, 0.1) is 0 Å². The molecule has 0 radical (unpaired) electrons. The molecule has 104 valence electrons. The van der Waals surface area contributed by atoms with Crippen LogP contribution >= 0.6 is 0 Å². The zero-order valence-corrected chi connectivity index (χ0v) is 10.8. The van der Waals surface area contributed by atoms with Gasteiger partial charge in [0.2, 0.25) is 5.60 Å². The monoisotopic (exact) mass is 275 g/mol. The van der Waals surface area contributed by atoms with Crippen molar-refractivity contribution < 1.29 is 19.1 Å². The molecule has 1 aliphatic carbocycles. The number of hydrogen-bond acceptors (Lipinski definition) is 4. The highest BCUT2D eigenvalue weighted by Gasteiger charge is 2.54. The molecule has 0 aromatic heterocycles. The van der Waals surface area contributed by atoms with E-state index < -0.39 is 17.6 Å². The number of anilines is 1. The number of carbonyl (C=O) groups is 3. The Morgan fingerprint density at radius 3 is 2.85 bits per heavy atom. The van der Waals surface area contributed by atoms with Gasteiger partial charge in [0.25, 0.3) is 5.91 Å². The summed E-state index contributed by atoms with van der Waals surface area (Å²) in [6.07, 6.45) is 0.318. The zero-order chi connectivity index (χ0) is 14.3. The first-order valence-corrected chi connectivity index (χ1v) is 6.22. The maximum absolute atomic E-state index is 11.9. The van der Waals surface area contributed by atoms with Gasteiger partial charge in [-0.2, -0.15) is 0 Å². The van der Waals surface area contributed by atoms with E-state index in [1.807, 2.05) is 0 Å². The Balaban J connectivity index is 1.94. The van der Waals surface area contributed by atoms with Crippen LogP contribution in [0, 0.1) is 0 Å². The quantitative estimate of drug-likeness (QED) is 0.707. The Kier molecular flexibility index (Phi) is 2.63. The zero-order valence-electron chi connectivity index (χ0n) is 10.8. The predicted octanol–water partition coefficient (Wildman–Crippen LogP) is 0.846. The van der Waals surface area contributed by atoms with Crippen LogP contribution in [-0.4, -0.2) is 25.1 Å². The predicted molar refractivity (Wildman–Crippen MR) is 69.1 cm³/mol. The molecule has 1 aromatic rings. The number of rotatable bonds is 1. The van der Waals surface area contributed by atoms with Gasteiger partial charge in [0.1, 0.15) is 0 Å². The summed E-state index contributed by atoms with van der Waals surface area (Å²) in [5, 5.41) is 7.29. The van der Waals surface area contributed by atoms with Gasteiger partial charge in [0, 0.05) is 24.7 Å². The average Bonchev–Trinajstić information content (AvgIpc) is 2.91. The van der Waals surface area contributed by atoms with Crippen LogP contribution in [-0.2, 0) is 21.6 Å². The van der Waals surface area contributed by atoms with E-state index in [0.717, 1.165) is 5.56 Å². The summed E-state index contributed by atoms with van der Waals surface area (Å²) in [4.78, 5) is 34.5. The maximum Gasteiger partial charge on any atom is 0.415 e. The second-order valence-electron chi connectivity index (χ2n) is 4.75. The minimum Gasteiger partial charge on any atom is -0.427 e. The second-order valence-corrected chi connectivity index (χ2v) is 4.75. The van der Waals surface area contributed by atoms with Crippen molar-refractivity contribution in [1.29, 1.82) is 0 Å². The Labute approximate surface area is 114 Å². The molecule has 20 heavy (non-hydrogen) atoms. The number of benzene rings is 1. The van der Waals surface area contributed by atoms with Crippen LogP contribution in [0.25, 0.3) is 0 Å². The first kappa shape index (κ1) is 12.5. The highest BCUT2D eigenvalue weighted by atomic mass is 16.6. The lowest BCUT2D eigenvalue weighted by molar-refractivity contribution is -0.131. The number of carbonyl (C=O) groups excluding carboxylic acids is 3. The Hall–Kier alpha value is -2.57. The normalized spacial score (nSPS) is 23.2. The van der Waals surface area contributed by atoms with Gasteiger partial charge in [-0.1, -0.05) is 6.07 Å². The number of aryl methyl sites for hydroxylation is 1. The van der Waals surface area contributed by atoms with Crippen molar-refractivity contribution in [3.63, 3.8) is 0 Å². The Morgan fingerprint density at radius 1 is 1.40 bits per heavy atom. The smallest absolute Gasteiger partial charge is 0.415 e. The fraction of sp³-hybridized carbons (Fsp3) is 0.308. The number of amides is 4. The molecule has 1 spiro atoms. The molecule has 3 rings (SSSR count). The molecule has 2 aliphatic rings. The van der Waals surface area contributed by atoms with E-state index in [2.05, 4.69) is 16.0 Å². The van der Waals surface area contributed by atoms with Crippen molar-refractivity contribution in [2.45, 2.75) is 18.4 Å². The van der Waals surface area contributed by atoms with Gasteiger partial charge in [-0.15, -0.1) is 0 Å². The molecule has 1 aliphatic heterocycles. The minimum atomic E-state index is -1.20. The van der Waals surface area contributed by atoms with Crippen LogP contribution in [0.15, 0.2) is 18.2 Å². The van der Waals surface area contributed by atoms with Crippen LogP contribution in [0.4, 0.5) is 15.3 Å². The molecular weight excluding hydrogens is 262 g/mol. The molecule has 1 saturated heterocycles. The second kappa shape index (κ2) is 4.22. The number of alkyl carbamates (subject to hydrolysis) is 1. The largest absolute Gasteiger partial charge is 0.427 e. The molecule has 0 bridgehead atoms. The highest BCUT2D eigenvalue weighted by Crippen LogP contribution is 2.43. The van der Waals surface area contributed by atoms with Gasteiger partial charge in [-0.25, -0.2) is 9.59 Å². The number of imide groups is 1. The third-order valence-corrected chi connectivity index (χ3v) is 3.62. The Bertz CT molecular complexity index is 628. The topological polar surface area (TPSA) is 96.5 Å². The molecule has 0 saturated carbocycles. The van der Waals surface area contributed by atoms with E-state index in [1.165, 1.54) is 7.05 Å². The fourth-order valence-electron chi connectivity index (χ4n) is 2.68. The molecule has 7 nitrogen and oxygen atoms in total. The lowest BCUT2D eigenvalue weighted by atomic mass is 9.95. The number of nitrogens with one attached hydrogen (secondary N) is 3. The van der Waals surface area contributed by atoms with E-state index in [-0.39, 0.29) is 6.03 Å². The summed E-state index contributed by atoms with van der Waals surface area (Å²) < 4.78 is 5.19. The average molecular weight is 275 g/mol. The molecular formula is C13H13N3O4. The van der Waals surface area contributed by atoms with Gasteiger partial charge >= 0.3 is 12.1 Å². The van der Waals surface area contributed by atoms with Crippen LogP contribution < -0.4 is 16.0 Å². The summed E-state index contributed by atoms with van der Waals surface area (Å²) in [6, 6.07) is 4.87. The number of hydrogen-bond donors (Lipinski definition) is 3. The summed E-state index contributed by atoms with van der Waals surface area (Å²) in [5.41, 5.74) is 1.01. The number of ether oxygens (including phenoxy) is 1. The molecule has 1 unspecified atom stereocenters. The maximum atomic E-state index is 11.9. The molecule has 1 fully saturated rings. The van der Waals surface area contributed by atoms with Crippen LogP contribution in [0.5, 0.6) is 0 Å². The summed E-state index contributed by atoms with van der Waals surface area (Å²) in [6.45, 7) is 0. The van der Waals surface area contributed by atoms with Crippen LogP contribution in [0.3, 0.4) is 0 Å². The van der Waals surface area contributed by atoms with Crippen molar-refractivity contribution in [2.75, 3.05) is 12.4 Å². The SMILES string of the molecule is CNC(=O)Nc1ccc2c(c1)CCC21OC(=O)NC1=O. The van der Waals surface area contributed by atoms with Crippen molar-refractivity contribution >= 4 is 23.7 Å². The minimum absolute atomic E-state index is 0.317. The van der Waals surface area contributed by atoms with E-state index in [9.17, 15) is 14.4 Å². The summed E-state index contributed by atoms with van der Waals surface area (Å²) in [7, 11) is 1.53. The summed E-state index contributed by atoms with van der Waals surface area (Å²) >= 11 is 0. The molecule has 1 aromatic carbocycles. The first-order chi connectivity index (χ1) is 9.55. The summed E-state index contributed by atoms with van der Waals surface area (Å²) in [5.74, 6) is -0.423. The van der Waals surface area contributed by atoms with Gasteiger partial charge in [-0.3, -0.25) is 10.1 Å². The Morgan fingerprint density at radius 2 is 2.20 bits per heavy atom. The van der Waals surface area contributed by atoms with Crippen LogP contribution in [0.2, 0.25) is 0 Å². The third-order valence-electron chi connectivity index (χ3n) is 3.62. The van der Waals surface area contributed by atoms with E-state index >= 15 is 0 Å². The molecule has 1 heterocycles. The van der Waals surface area contributed by atoms with Gasteiger partial charge < -0.3 is 15.4 Å². The molecule has 3 N–H and O–H groups in total.